The van der Waals surface area contributed by atoms with E-state index in [1.165, 1.54) is 0 Å². The Morgan fingerprint density at radius 3 is 2.38 bits per heavy atom. The molecular weight excluding hydrogens is 270 g/mol. The maximum Gasteiger partial charge on any atom is 0.306 e. The molecule has 1 fully saturated rings. The van der Waals surface area contributed by atoms with Crippen LogP contribution in [-0.2, 0) is 9.59 Å². The Kier molecular flexibility index (Phi) is 4.83. The number of rotatable bonds is 5. The quantitative estimate of drug-likeness (QED) is 0.873. The molecule has 5 nitrogen and oxygen atoms in total. The predicted molar refractivity (Wildman–Crippen MR) is 78.0 cm³/mol. The van der Waals surface area contributed by atoms with Gasteiger partial charge in [0.1, 0.15) is 5.75 Å². The summed E-state index contributed by atoms with van der Waals surface area (Å²) in [6.45, 7) is 1.92. The fourth-order valence-electron chi connectivity index (χ4n) is 2.75. The topological polar surface area (TPSA) is 75.6 Å². The van der Waals surface area contributed by atoms with Crippen molar-refractivity contribution in [3.05, 3.63) is 29.8 Å². The van der Waals surface area contributed by atoms with Crippen LogP contribution >= 0.6 is 0 Å². The number of carboxylic acids is 1. The van der Waals surface area contributed by atoms with Gasteiger partial charge >= 0.3 is 5.97 Å². The van der Waals surface area contributed by atoms with Gasteiger partial charge in [-0.05, 0) is 43.9 Å². The summed E-state index contributed by atoms with van der Waals surface area (Å²) in [4.78, 5) is 23.1. The van der Waals surface area contributed by atoms with Gasteiger partial charge in [-0.15, -0.1) is 0 Å². The van der Waals surface area contributed by atoms with Crippen LogP contribution < -0.4 is 10.1 Å². The second-order valence-electron chi connectivity index (χ2n) is 5.55. The minimum Gasteiger partial charge on any atom is -0.497 e. The Bertz CT molecular complexity index is 512. The highest BCUT2D eigenvalue weighted by Gasteiger charge is 2.34. The molecule has 2 rings (SSSR count). The van der Waals surface area contributed by atoms with Gasteiger partial charge in [0.25, 0.3) is 0 Å². The summed E-state index contributed by atoms with van der Waals surface area (Å²) in [7, 11) is 1.61. The van der Waals surface area contributed by atoms with Gasteiger partial charge in [0, 0.05) is 5.92 Å². The Labute approximate surface area is 124 Å². The van der Waals surface area contributed by atoms with Gasteiger partial charge in [0.2, 0.25) is 5.91 Å². The minimum absolute atomic E-state index is 0.0536. The molecule has 2 unspecified atom stereocenters. The van der Waals surface area contributed by atoms with E-state index in [4.69, 9.17) is 9.84 Å². The monoisotopic (exact) mass is 291 g/mol. The van der Waals surface area contributed by atoms with Crippen LogP contribution in [0.3, 0.4) is 0 Å². The van der Waals surface area contributed by atoms with E-state index in [2.05, 4.69) is 5.32 Å². The highest BCUT2D eigenvalue weighted by atomic mass is 16.5. The van der Waals surface area contributed by atoms with E-state index in [9.17, 15) is 9.59 Å². The van der Waals surface area contributed by atoms with Gasteiger partial charge < -0.3 is 15.2 Å². The fourth-order valence-corrected chi connectivity index (χ4v) is 2.75. The number of hydrogen-bond acceptors (Lipinski definition) is 3. The summed E-state index contributed by atoms with van der Waals surface area (Å²) in [5.41, 5.74) is 0.997. The highest BCUT2D eigenvalue weighted by Crippen LogP contribution is 2.31. The van der Waals surface area contributed by atoms with Crippen molar-refractivity contribution in [3.63, 3.8) is 0 Å². The molecule has 0 aliphatic heterocycles. The second kappa shape index (κ2) is 6.61. The van der Waals surface area contributed by atoms with Crippen molar-refractivity contribution in [2.75, 3.05) is 7.11 Å². The number of benzene rings is 1. The van der Waals surface area contributed by atoms with Crippen molar-refractivity contribution in [2.45, 2.75) is 32.2 Å². The number of carboxylic acid groups (broad SMARTS) is 1. The largest absolute Gasteiger partial charge is 0.497 e. The van der Waals surface area contributed by atoms with E-state index in [-0.39, 0.29) is 23.8 Å². The first-order valence-corrected chi connectivity index (χ1v) is 7.18. The molecule has 0 heterocycles. The lowest BCUT2D eigenvalue weighted by Gasteiger charge is -2.17. The van der Waals surface area contributed by atoms with Crippen molar-refractivity contribution in [3.8, 4) is 5.75 Å². The molecule has 114 valence electrons. The molecule has 5 heteroatoms. The average molecular weight is 291 g/mol. The van der Waals surface area contributed by atoms with Gasteiger partial charge in [-0.3, -0.25) is 9.59 Å². The smallest absolute Gasteiger partial charge is 0.306 e. The highest BCUT2D eigenvalue weighted by molar-refractivity contribution is 5.81. The van der Waals surface area contributed by atoms with Crippen LogP contribution in [0.25, 0.3) is 0 Å². The normalized spacial score (nSPS) is 22.6. The van der Waals surface area contributed by atoms with Crippen LogP contribution in [0.2, 0.25) is 0 Å². The molecule has 1 aliphatic carbocycles. The van der Waals surface area contributed by atoms with Gasteiger partial charge in [-0.1, -0.05) is 12.1 Å². The van der Waals surface area contributed by atoms with Crippen LogP contribution in [0.15, 0.2) is 24.3 Å². The van der Waals surface area contributed by atoms with Gasteiger partial charge in [0.15, 0.2) is 0 Å². The molecule has 3 atom stereocenters. The Morgan fingerprint density at radius 1 is 1.24 bits per heavy atom. The predicted octanol–water partition coefficient (Wildman–Crippen LogP) is 2.37. The summed E-state index contributed by atoms with van der Waals surface area (Å²) in [6.07, 6.45) is 1.68. The van der Waals surface area contributed by atoms with Crippen molar-refractivity contribution < 1.29 is 19.4 Å². The number of nitrogens with one attached hydrogen (secondary N) is 1. The fraction of sp³-hybridized carbons (Fsp3) is 0.500. The van der Waals surface area contributed by atoms with Crippen molar-refractivity contribution in [2.24, 2.45) is 11.8 Å². The summed E-state index contributed by atoms with van der Waals surface area (Å²) in [6, 6.07) is 7.44. The lowest BCUT2D eigenvalue weighted by molar-refractivity contribution is -0.141. The van der Waals surface area contributed by atoms with Gasteiger partial charge in [0.05, 0.1) is 19.1 Å². The van der Waals surface area contributed by atoms with E-state index < -0.39 is 5.97 Å². The Balaban J connectivity index is 1.91. The first-order valence-electron chi connectivity index (χ1n) is 7.18. The standard InChI is InChI=1S/C16H21NO4/c1-10(11-5-7-14(21-2)8-6-11)17-15(18)12-3-4-13(9-12)16(19)20/h5-8,10,12-13H,3-4,9H2,1-2H3,(H,17,18)(H,19,20)/t10-,12?,13?/m0/s1. The minimum atomic E-state index is -0.798. The molecule has 1 amide bonds. The number of ether oxygens (including phenoxy) is 1. The van der Waals surface area contributed by atoms with E-state index in [1.54, 1.807) is 7.11 Å². The lowest BCUT2D eigenvalue weighted by Crippen LogP contribution is -2.32. The van der Waals surface area contributed by atoms with E-state index in [0.29, 0.717) is 19.3 Å². The third-order valence-corrected chi connectivity index (χ3v) is 4.13. The zero-order valence-electron chi connectivity index (χ0n) is 12.3. The number of amides is 1. The number of hydrogen-bond donors (Lipinski definition) is 2. The molecule has 1 aromatic carbocycles. The molecule has 21 heavy (non-hydrogen) atoms. The van der Waals surface area contributed by atoms with Crippen LogP contribution in [0.4, 0.5) is 0 Å². The van der Waals surface area contributed by atoms with E-state index in [0.717, 1.165) is 11.3 Å². The molecule has 1 aliphatic rings. The molecule has 0 saturated heterocycles. The summed E-state index contributed by atoms with van der Waals surface area (Å²) in [5, 5.41) is 11.9. The maximum atomic E-state index is 12.2. The average Bonchev–Trinajstić information content (AvgIpc) is 2.97. The molecule has 0 radical (unpaired) electrons. The first-order chi connectivity index (χ1) is 10.0. The Hall–Kier alpha value is -2.04. The third kappa shape index (κ3) is 3.74. The molecular formula is C16H21NO4. The lowest BCUT2D eigenvalue weighted by atomic mass is 10.0. The van der Waals surface area contributed by atoms with Crippen molar-refractivity contribution in [1.29, 1.82) is 0 Å². The van der Waals surface area contributed by atoms with Crippen LogP contribution in [0, 0.1) is 11.8 Å². The zero-order chi connectivity index (χ0) is 15.4. The van der Waals surface area contributed by atoms with Crippen LogP contribution in [0.5, 0.6) is 5.75 Å². The number of methoxy groups -OCH3 is 1. The van der Waals surface area contributed by atoms with E-state index in [1.807, 2.05) is 31.2 Å². The zero-order valence-corrected chi connectivity index (χ0v) is 12.3. The van der Waals surface area contributed by atoms with Crippen LogP contribution in [0.1, 0.15) is 37.8 Å². The van der Waals surface area contributed by atoms with Crippen molar-refractivity contribution >= 4 is 11.9 Å². The molecule has 0 bridgehead atoms. The summed E-state index contributed by atoms with van der Waals surface area (Å²) in [5.74, 6) is -0.642. The SMILES string of the molecule is COc1ccc([C@H](C)NC(=O)C2CCC(C(=O)O)C2)cc1. The summed E-state index contributed by atoms with van der Waals surface area (Å²) >= 11 is 0. The third-order valence-electron chi connectivity index (χ3n) is 4.13. The van der Waals surface area contributed by atoms with Gasteiger partial charge in [-0.25, -0.2) is 0 Å². The van der Waals surface area contributed by atoms with E-state index >= 15 is 0 Å². The molecule has 0 aromatic heterocycles. The molecule has 1 aromatic rings. The molecule has 1 saturated carbocycles. The van der Waals surface area contributed by atoms with Crippen molar-refractivity contribution in [1.82, 2.24) is 5.32 Å². The maximum absolute atomic E-state index is 12.2. The van der Waals surface area contributed by atoms with Gasteiger partial charge in [-0.2, -0.15) is 0 Å². The first kappa shape index (κ1) is 15.4. The second-order valence-corrected chi connectivity index (χ2v) is 5.55. The number of carbonyl (C=O) groups excluding carboxylic acids is 1. The Morgan fingerprint density at radius 2 is 1.86 bits per heavy atom. The molecule has 2 N–H and O–H groups in total. The van der Waals surface area contributed by atoms with Crippen LogP contribution in [-0.4, -0.2) is 24.1 Å². The summed E-state index contributed by atoms with van der Waals surface area (Å²) < 4.78 is 5.10. The molecule has 0 spiro atoms. The number of aliphatic carboxylic acids is 1. The number of carbonyl (C=O) groups is 2.